The van der Waals surface area contributed by atoms with Gasteiger partial charge in [0.25, 0.3) is 0 Å². The van der Waals surface area contributed by atoms with Gasteiger partial charge >= 0.3 is 11.9 Å². The SMILES string of the molecule is CCCCC(O)OC(=O)c1ccc(C(=O)O)cc1. The second-order valence-corrected chi connectivity index (χ2v) is 3.88. The summed E-state index contributed by atoms with van der Waals surface area (Å²) >= 11 is 0. The predicted octanol–water partition coefficient (Wildman–Crippen LogP) is 2.05. The highest BCUT2D eigenvalue weighted by Gasteiger charge is 2.13. The number of aliphatic hydroxyl groups excluding tert-OH is 1. The minimum Gasteiger partial charge on any atom is -0.478 e. The zero-order valence-corrected chi connectivity index (χ0v) is 10.1. The molecule has 1 rings (SSSR count). The molecule has 0 heterocycles. The van der Waals surface area contributed by atoms with E-state index in [1.165, 1.54) is 24.3 Å². The highest BCUT2D eigenvalue weighted by molar-refractivity contribution is 5.92. The number of carbonyl (C=O) groups excluding carboxylic acids is 1. The topological polar surface area (TPSA) is 83.8 Å². The molecule has 1 atom stereocenters. The lowest BCUT2D eigenvalue weighted by molar-refractivity contribution is -0.0692. The van der Waals surface area contributed by atoms with Crippen molar-refractivity contribution >= 4 is 11.9 Å². The third kappa shape index (κ3) is 4.18. The molecule has 0 fully saturated rings. The van der Waals surface area contributed by atoms with E-state index in [-0.39, 0.29) is 11.1 Å². The normalized spacial score (nSPS) is 11.9. The fourth-order valence-electron chi connectivity index (χ4n) is 1.38. The number of esters is 1. The first-order chi connectivity index (χ1) is 8.54. The van der Waals surface area contributed by atoms with Crippen LogP contribution >= 0.6 is 0 Å². The molecule has 0 aromatic heterocycles. The van der Waals surface area contributed by atoms with Crippen molar-refractivity contribution in [2.45, 2.75) is 32.5 Å². The van der Waals surface area contributed by atoms with Gasteiger partial charge in [-0.3, -0.25) is 0 Å². The Hall–Kier alpha value is -1.88. The zero-order valence-electron chi connectivity index (χ0n) is 10.1. The summed E-state index contributed by atoms with van der Waals surface area (Å²) in [6.45, 7) is 1.97. The van der Waals surface area contributed by atoms with Crippen LogP contribution in [0.15, 0.2) is 24.3 Å². The maximum atomic E-state index is 11.6. The highest BCUT2D eigenvalue weighted by Crippen LogP contribution is 2.09. The van der Waals surface area contributed by atoms with Gasteiger partial charge in [0.15, 0.2) is 0 Å². The maximum absolute atomic E-state index is 11.6. The summed E-state index contributed by atoms with van der Waals surface area (Å²) in [5, 5.41) is 18.1. The Morgan fingerprint density at radius 2 is 1.78 bits per heavy atom. The summed E-state index contributed by atoms with van der Waals surface area (Å²) in [4.78, 5) is 22.2. The Bertz CT molecular complexity index is 410. The van der Waals surface area contributed by atoms with E-state index in [2.05, 4.69) is 0 Å². The van der Waals surface area contributed by atoms with Gasteiger partial charge in [-0.25, -0.2) is 9.59 Å². The summed E-state index contributed by atoms with van der Waals surface area (Å²) < 4.78 is 4.81. The summed E-state index contributed by atoms with van der Waals surface area (Å²) in [5.74, 6) is -1.71. The molecule has 1 aromatic rings. The molecule has 98 valence electrons. The lowest BCUT2D eigenvalue weighted by Crippen LogP contribution is -2.17. The molecule has 0 amide bonds. The number of carboxylic acid groups (broad SMARTS) is 1. The van der Waals surface area contributed by atoms with E-state index in [1.54, 1.807) is 0 Å². The van der Waals surface area contributed by atoms with Crippen LogP contribution in [0.2, 0.25) is 0 Å². The van der Waals surface area contributed by atoms with Crippen molar-refractivity contribution in [2.24, 2.45) is 0 Å². The molecular weight excluding hydrogens is 236 g/mol. The lowest BCUT2D eigenvalue weighted by Gasteiger charge is -2.11. The second-order valence-electron chi connectivity index (χ2n) is 3.88. The minimum atomic E-state index is -1.11. The number of unbranched alkanes of at least 4 members (excludes halogenated alkanes) is 1. The summed E-state index contributed by atoms with van der Waals surface area (Å²) in [7, 11) is 0. The number of benzene rings is 1. The Balaban J connectivity index is 2.58. The van der Waals surface area contributed by atoms with E-state index in [0.717, 1.165) is 12.8 Å². The molecule has 0 saturated carbocycles. The van der Waals surface area contributed by atoms with Gasteiger partial charge in [0.05, 0.1) is 11.1 Å². The predicted molar refractivity (Wildman–Crippen MR) is 64.3 cm³/mol. The van der Waals surface area contributed by atoms with Gasteiger partial charge < -0.3 is 14.9 Å². The third-order valence-corrected chi connectivity index (χ3v) is 2.42. The van der Waals surface area contributed by atoms with Crippen LogP contribution in [0, 0.1) is 0 Å². The molecule has 1 aromatic carbocycles. The first-order valence-corrected chi connectivity index (χ1v) is 5.77. The molecule has 5 heteroatoms. The number of hydrogen-bond donors (Lipinski definition) is 2. The van der Waals surface area contributed by atoms with Crippen molar-refractivity contribution in [3.05, 3.63) is 35.4 Å². The van der Waals surface area contributed by atoms with E-state index >= 15 is 0 Å². The van der Waals surface area contributed by atoms with Gasteiger partial charge in [0.1, 0.15) is 0 Å². The first kappa shape index (κ1) is 14.2. The van der Waals surface area contributed by atoms with E-state index in [9.17, 15) is 14.7 Å². The standard InChI is InChI=1S/C13H16O5/c1-2-3-4-11(14)18-13(17)10-7-5-9(6-8-10)12(15)16/h5-8,11,14H,2-4H2,1H3,(H,15,16). The van der Waals surface area contributed by atoms with Gasteiger partial charge in [-0.1, -0.05) is 13.3 Å². The number of carboxylic acids is 1. The number of aromatic carboxylic acids is 1. The largest absolute Gasteiger partial charge is 0.478 e. The van der Waals surface area contributed by atoms with Gasteiger partial charge in [-0.15, -0.1) is 0 Å². The Labute approximate surface area is 105 Å². The average Bonchev–Trinajstić information content (AvgIpc) is 2.36. The van der Waals surface area contributed by atoms with Gasteiger partial charge in [-0.05, 0) is 30.7 Å². The van der Waals surface area contributed by atoms with Crippen LogP contribution in [0.3, 0.4) is 0 Å². The fourth-order valence-corrected chi connectivity index (χ4v) is 1.38. The van der Waals surface area contributed by atoms with E-state index in [1.807, 2.05) is 6.92 Å². The van der Waals surface area contributed by atoms with Crippen LogP contribution in [0.4, 0.5) is 0 Å². The van der Waals surface area contributed by atoms with Crippen molar-refractivity contribution in [3.63, 3.8) is 0 Å². The second kappa shape index (κ2) is 6.76. The van der Waals surface area contributed by atoms with Crippen LogP contribution < -0.4 is 0 Å². The first-order valence-electron chi connectivity index (χ1n) is 5.77. The molecule has 0 saturated heterocycles. The van der Waals surface area contributed by atoms with Crippen LogP contribution in [-0.2, 0) is 4.74 Å². The summed E-state index contributed by atoms with van der Waals surface area (Å²) in [6, 6.07) is 5.35. The molecule has 0 spiro atoms. The molecule has 0 radical (unpaired) electrons. The van der Waals surface area contributed by atoms with Crippen LogP contribution in [0.5, 0.6) is 0 Å². The molecule has 1 unspecified atom stereocenters. The van der Waals surface area contributed by atoms with Crippen LogP contribution in [-0.4, -0.2) is 28.4 Å². The Kier molecular flexibility index (Phi) is 5.32. The van der Waals surface area contributed by atoms with Crippen molar-refractivity contribution < 1.29 is 24.5 Å². The molecule has 0 aliphatic heterocycles. The third-order valence-electron chi connectivity index (χ3n) is 2.42. The van der Waals surface area contributed by atoms with Crippen molar-refractivity contribution in [1.82, 2.24) is 0 Å². The number of carbonyl (C=O) groups is 2. The van der Waals surface area contributed by atoms with E-state index in [4.69, 9.17) is 9.84 Å². The molecular formula is C13H16O5. The monoisotopic (exact) mass is 252 g/mol. The fraction of sp³-hybridized carbons (Fsp3) is 0.385. The van der Waals surface area contributed by atoms with Crippen molar-refractivity contribution in [2.75, 3.05) is 0 Å². The highest BCUT2D eigenvalue weighted by atomic mass is 16.6. The van der Waals surface area contributed by atoms with Crippen LogP contribution in [0.25, 0.3) is 0 Å². The molecule has 0 bridgehead atoms. The molecule has 5 nitrogen and oxygen atoms in total. The zero-order chi connectivity index (χ0) is 13.5. The summed E-state index contributed by atoms with van der Waals surface area (Å²) in [5.41, 5.74) is 0.314. The minimum absolute atomic E-state index is 0.0954. The molecule has 0 aliphatic carbocycles. The van der Waals surface area contributed by atoms with E-state index in [0.29, 0.717) is 6.42 Å². The van der Waals surface area contributed by atoms with Crippen LogP contribution in [0.1, 0.15) is 46.9 Å². The van der Waals surface area contributed by atoms with Gasteiger partial charge in [0.2, 0.25) is 6.29 Å². The number of aliphatic hydroxyl groups is 1. The molecule has 0 aliphatic rings. The number of rotatable bonds is 6. The van der Waals surface area contributed by atoms with E-state index < -0.39 is 18.2 Å². The lowest BCUT2D eigenvalue weighted by atomic mass is 10.1. The Morgan fingerprint density at radius 3 is 2.28 bits per heavy atom. The molecule has 18 heavy (non-hydrogen) atoms. The smallest absolute Gasteiger partial charge is 0.340 e. The quantitative estimate of drug-likeness (QED) is 0.598. The summed E-state index contributed by atoms with van der Waals surface area (Å²) in [6.07, 6.45) is 0.959. The average molecular weight is 252 g/mol. The molecule has 2 N–H and O–H groups in total. The van der Waals surface area contributed by atoms with Crippen molar-refractivity contribution in [1.29, 1.82) is 0 Å². The van der Waals surface area contributed by atoms with Gasteiger partial charge in [0, 0.05) is 6.42 Å². The number of ether oxygens (including phenoxy) is 1. The number of hydrogen-bond acceptors (Lipinski definition) is 4. The maximum Gasteiger partial charge on any atom is 0.340 e. The van der Waals surface area contributed by atoms with Crippen molar-refractivity contribution in [3.8, 4) is 0 Å². The van der Waals surface area contributed by atoms with Gasteiger partial charge in [-0.2, -0.15) is 0 Å². The Morgan fingerprint density at radius 1 is 1.22 bits per heavy atom.